The zero-order valence-electron chi connectivity index (χ0n) is 11.4. The van der Waals surface area contributed by atoms with Gasteiger partial charge >= 0.3 is 0 Å². The van der Waals surface area contributed by atoms with Crippen molar-refractivity contribution in [2.45, 2.75) is 25.5 Å². The van der Waals surface area contributed by atoms with Crippen LogP contribution >= 0.6 is 11.6 Å². The van der Waals surface area contributed by atoms with Crippen LogP contribution in [-0.2, 0) is 11.3 Å². The van der Waals surface area contributed by atoms with Gasteiger partial charge in [-0.05, 0) is 30.5 Å². The summed E-state index contributed by atoms with van der Waals surface area (Å²) in [5.74, 6) is 1.13. The molecule has 1 aliphatic rings. The highest BCUT2D eigenvalue weighted by Crippen LogP contribution is 2.31. The fourth-order valence-electron chi connectivity index (χ4n) is 2.20. The van der Waals surface area contributed by atoms with Gasteiger partial charge in [0.2, 0.25) is 0 Å². The molecule has 110 valence electrons. The number of ether oxygens (including phenoxy) is 1. The largest absolute Gasteiger partial charge is 0.393 e. The summed E-state index contributed by atoms with van der Waals surface area (Å²) in [7, 11) is 0. The van der Waals surface area contributed by atoms with Crippen LogP contribution in [0.25, 0.3) is 0 Å². The molecule has 0 amide bonds. The molecule has 0 bridgehead atoms. The van der Waals surface area contributed by atoms with E-state index in [2.05, 4.69) is 20.3 Å². The summed E-state index contributed by atoms with van der Waals surface area (Å²) in [5.41, 5.74) is 7.38. The minimum absolute atomic E-state index is 0.0930. The van der Waals surface area contributed by atoms with Gasteiger partial charge < -0.3 is 15.8 Å². The summed E-state index contributed by atoms with van der Waals surface area (Å²) in [4.78, 5) is 12.7. The topological polar surface area (TPSA) is 86.0 Å². The molecule has 0 spiro atoms. The van der Waals surface area contributed by atoms with E-state index in [1.807, 2.05) is 12.1 Å². The van der Waals surface area contributed by atoms with E-state index in [0.717, 1.165) is 25.0 Å². The zero-order chi connectivity index (χ0) is 14.7. The van der Waals surface area contributed by atoms with Crippen LogP contribution in [-0.4, -0.2) is 21.6 Å². The van der Waals surface area contributed by atoms with Crippen molar-refractivity contribution in [3.63, 3.8) is 0 Å². The highest BCUT2D eigenvalue weighted by atomic mass is 35.5. The molecule has 0 saturated carbocycles. The molecule has 1 unspecified atom stereocenters. The van der Waals surface area contributed by atoms with Gasteiger partial charge in [0.1, 0.15) is 11.8 Å². The van der Waals surface area contributed by atoms with E-state index < -0.39 is 0 Å². The Bertz CT molecular complexity index is 616. The molecule has 2 aromatic rings. The van der Waals surface area contributed by atoms with Crippen molar-refractivity contribution in [1.29, 1.82) is 0 Å². The van der Waals surface area contributed by atoms with E-state index in [9.17, 15) is 0 Å². The minimum Gasteiger partial charge on any atom is -0.393 e. The summed E-state index contributed by atoms with van der Waals surface area (Å²) < 4.78 is 5.59. The number of aromatic nitrogens is 3. The molecule has 0 radical (unpaired) electrons. The van der Waals surface area contributed by atoms with Crippen LogP contribution in [0.4, 0.5) is 11.5 Å². The smallest absolute Gasteiger partial charge is 0.161 e. The SMILES string of the molecule is Nc1c(Cl)nc(C2CCCO2)nc1NCc1ccncc1. The quantitative estimate of drug-likeness (QED) is 0.844. The van der Waals surface area contributed by atoms with Gasteiger partial charge in [-0.3, -0.25) is 4.98 Å². The van der Waals surface area contributed by atoms with Gasteiger partial charge in [-0.2, -0.15) is 0 Å². The Labute approximate surface area is 127 Å². The molecule has 7 heteroatoms. The van der Waals surface area contributed by atoms with Crippen LogP contribution in [0.3, 0.4) is 0 Å². The maximum absolute atomic E-state index is 6.10. The van der Waals surface area contributed by atoms with Crippen molar-refractivity contribution in [3.8, 4) is 0 Å². The van der Waals surface area contributed by atoms with Gasteiger partial charge in [-0.15, -0.1) is 0 Å². The highest BCUT2D eigenvalue weighted by molar-refractivity contribution is 6.32. The third-order valence-electron chi connectivity index (χ3n) is 3.34. The predicted molar refractivity (Wildman–Crippen MR) is 80.9 cm³/mol. The first-order valence-corrected chi connectivity index (χ1v) is 7.19. The van der Waals surface area contributed by atoms with E-state index in [0.29, 0.717) is 23.9 Å². The summed E-state index contributed by atoms with van der Waals surface area (Å²) in [5, 5.41) is 3.45. The molecule has 1 saturated heterocycles. The van der Waals surface area contributed by atoms with Gasteiger partial charge in [0.05, 0.1) is 0 Å². The van der Waals surface area contributed by atoms with Crippen LogP contribution in [0.2, 0.25) is 5.15 Å². The van der Waals surface area contributed by atoms with Gasteiger partial charge in [-0.25, -0.2) is 9.97 Å². The molecule has 2 aromatic heterocycles. The van der Waals surface area contributed by atoms with Crippen LogP contribution in [0.1, 0.15) is 30.3 Å². The van der Waals surface area contributed by atoms with Gasteiger partial charge in [0, 0.05) is 25.5 Å². The second kappa shape index (κ2) is 6.24. The summed E-state index contributed by atoms with van der Waals surface area (Å²) >= 11 is 6.10. The molecular weight excluding hydrogens is 290 g/mol. The zero-order valence-corrected chi connectivity index (χ0v) is 12.2. The van der Waals surface area contributed by atoms with Gasteiger partial charge in [-0.1, -0.05) is 11.6 Å². The van der Waals surface area contributed by atoms with E-state index in [1.165, 1.54) is 0 Å². The molecule has 3 N–H and O–H groups in total. The summed E-state index contributed by atoms with van der Waals surface area (Å²) in [6.07, 6.45) is 5.31. The monoisotopic (exact) mass is 305 g/mol. The van der Waals surface area contributed by atoms with E-state index in [-0.39, 0.29) is 11.3 Å². The minimum atomic E-state index is -0.0930. The number of pyridine rings is 1. The molecule has 0 aliphatic carbocycles. The number of nitrogens with one attached hydrogen (secondary N) is 1. The second-order valence-electron chi connectivity index (χ2n) is 4.85. The molecule has 1 atom stereocenters. The lowest BCUT2D eigenvalue weighted by Gasteiger charge is -2.14. The number of nitrogens with two attached hydrogens (primary N) is 1. The Balaban J connectivity index is 1.80. The molecule has 1 aliphatic heterocycles. The number of anilines is 2. The van der Waals surface area contributed by atoms with Crippen molar-refractivity contribution in [1.82, 2.24) is 15.0 Å². The molecular formula is C14H16ClN5O. The third-order valence-corrected chi connectivity index (χ3v) is 3.63. The first-order valence-electron chi connectivity index (χ1n) is 6.81. The van der Waals surface area contributed by atoms with E-state index in [1.54, 1.807) is 12.4 Å². The Morgan fingerprint density at radius 3 is 2.86 bits per heavy atom. The van der Waals surface area contributed by atoms with Crippen LogP contribution in [0, 0.1) is 0 Å². The lowest BCUT2D eigenvalue weighted by Crippen LogP contribution is -2.11. The highest BCUT2D eigenvalue weighted by Gasteiger charge is 2.22. The van der Waals surface area contributed by atoms with Gasteiger partial charge in [0.15, 0.2) is 16.8 Å². The molecule has 6 nitrogen and oxygen atoms in total. The normalized spacial score (nSPS) is 17.9. The standard InChI is InChI=1S/C14H16ClN5O/c15-12-11(16)14(18-8-9-3-5-17-6-4-9)20-13(19-12)10-2-1-7-21-10/h3-6,10H,1-2,7-8,16H2,(H,18,19,20). The van der Waals surface area contributed by atoms with Crippen molar-refractivity contribution in [2.75, 3.05) is 17.7 Å². The Hall–Kier alpha value is -1.92. The molecule has 21 heavy (non-hydrogen) atoms. The first kappa shape index (κ1) is 14.0. The molecule has 3 rings (SSSR count). The van der Waals surface area contributed by atoms with Crippen LogP contribution in [0.15, 0.2) is 24.5 Å². The third kappa shape index (κ3) is 3.22. The number of rotatable bonds is 4. The van der Waals surface area contributed by atoms with Crippen molar-refractivity contribution >= 4 is 23.1 Å². The van der Waals surface area contributed by atoms with Crippen LogP contribution < -0.4 is 11.1 Å². The lowest BCUT2D eigenvalue weighted by atomic mass is 10.2. The fourth-order valence-corrected chi connectivity index (χ4v) is 2.38. The summed E-state index contributed by atoms with van der Waals surface area (Å²) in [6.45, 7) is 1.32. The number of nitrogen functional groups attached to an aromatic ring is 1. The Morgan fingerprint density at radius 1 is 1.33 bits per heavy atom. The summed E-state index contributed by atoms with van der Waals surface area (Å²) in [6, 6.07) is 3.85. The van der Waals surface area contributed by atoms with E-state index in [4.69, 9.17) is 22.1 Å². The second-order valence-corrected chi connectivity index (χ2v) is 5.20. The van der Waals surface area contributed by atoms with E-state index >= 15 is 0 Å². The number of hydrogen-bond donors (Lipinski definition) is 2. The number of hydrogen-bond acceptors (Lipinski definition) is 6. The van der Waals surface area contributed by atoms with Crippen molar-refractivity contribution < 1.29 is 4.74 Å². The fraction of sp³-hybridized carbons (Fsp3) is 0.357. The number of nitrogens with zero attached hydrogens (tertiary/aromatic N) is 3. The molecule has 1 fully saturated rings. The Kier molecular flexibility index (Phi) is 4.17. The predicted octanol–water partition coefficient (Wildman–Crippen LogP) is 2.57. The molecule has 0 aromatic carbocycles. The van der Waals surface area contributed by atoms with Crippen LogP contribution in [0.5, 0.6) is 0 Å². The molecule has 3 heterocycles. The first-order chi connectivity index (χ1) is 10.2. The Morgan fingerprint density at radius 2 is 2.14 bits per heavy atom. The van der Waals surface area contributed by atoms with Crippen molar-refractivity contribution in [3.05, 3.63) is 41.1 Å². The van der Waals surface area contributed by atoms with Crippen molar-refractivity contribution in [2.24, 2.45) is 0 Å². The maximum atomic E-state index is 6.10. The number of halogens is 1. The maximum Gasteiger partial charge on any atom is 0.161 e. The average Bonchev–Trinajstić information content (AvgIpc) is 3.04. The van der Waals surface area contributed by atoms with Gasteiger partial charge in [0.25, 0.3) is 0 Å². The average molecular weight is 306 g/mol. The lowest BCUT2D eigenvalue weighted by molar-refractivity contribution is 0.105.